The van der Waals surface area contributed by atoms with Crippen LogP contribution in [0.2, 0.25) is 10.0 Å². The second-order valence-corrected chi connectivity index (χ2v) is 13.7. The van der Waals surface area contributed by atoms with Gasteiger partial charge in [0.15, 0.2) is 29.0 Å². The number of esters is 1. The summed E-state index contributed by atoms with van der Waals surface area (Å²) in [6.45, 7) is 2.87. The van der Waals surface area contributed by atoms with Crippen LogP contribution in [-0.2, 0) is 24.6 Å². The van der Waals surface area contributed by atoms with E-state index in [1.807, 2.05) is 0 Å². The first-order valence-corrected chi connectivity index (χ1v) is 18.4. The second-order valence-electron chi connectivity index (χ2n) is 12.5. The Hall–Kier alpha value is -5.68. The Morgan fingerprint density at radius 1 is 0.600 bits per heavy atom. The lowest BCUT2D eigenvalue weighted by molar-refractivity contribution is 0.0369. The van der Waals surface area contributed by atoms with Crippen LogP contribution in [0.5, 0.6) is 0 Å². The fourth-order valence-electron chi connectivity index (χ4n) is 4.95. The van der Waals surface area contributed by atoms with Crippen molar-refractivity contribution in [3.05, 3.63) is 158 Å². The Labute approximate surface area is 353 Å². The van der Waals surface area contributed by atoms with Crippen molar-refractivity contribution >= 4 is 52.1 Å². The molecule has 0 aliphatic carbocycles. The molecule has 3 N–H and O–H groups in total. The highest BCUT2D eigenvalue weighted by Crippen LogP contribution is 2.33. The number of carbonyl (C=O) groups excluding carboxylic acids is 3. The number of ether oxygens (including phenoxy) is 1. The van der Waals surface area contributed by atoms with Gasteiger partial charge in [-0.05, 0) is 48.2 Å². The number of aliphatic hydroxyl groups excluding tert-OH is 3. The third-order valence-corrected chi connectivity index (χ3v) is 8.90. The third-order valence-electron chi connectivity index (χ3n) is 7.92. The summed E-state index contributed by atoms with van der Waals surface area (Å²) in [5.74, 6) is -5.74. The molecule has 312 valence electrons. The Morgan fingerprint density at radius 3 is 1.33 bits per heavy atom. The van der Waals surface area contributed by atoms with E-state index >= 15 is 0 Å². The fraction of sp³-hybridized carbons (Fsp3) is 0.143. The standard InChI is InChI=1S/C16H15F2NO3.C13H8Cl3NO2.C13H8F3NO2/c1-9(2)22-16(21)13-7-12(17)14(18)15(19-13)11-5-3-10(8-20)4-6-11;2*14-9-5-10(13(16)19)17-12(11(9)15)8-3-1-7(6-18)2-4-8/h3-7,9,20H,8H2,1-2H3;2*1-5,18H,6H2. The summed E-state index contributed by atoms with van der Waals surface area (Å²) in [5, 5.41) is 26.6. The van der Waals surface area contributed by atoms with Crippen LogP contribution in [-0.4, -0.2) is 53.6 Å². The first-order valence-electron chi connectivity index (χ1n) is 17.3. The summed E-state index contributed by atoms with van der Waals surface area (Å²) in [4.78, 5) is 44.9. The fourth-order valence-corrected chi connectivity index (χ4v) is 5.45. The van der Waals surface area contributed by atoms with E-state index < -0.39 is 58.0 Å². The van der Waals surface area contributed by atoms with E-state index in [9.17, 15) is 36.3 Å². The van der Waals surface area contributed by atoms with Crippen molar-refractivity contribution < 1.29 is 56.4 Å². The SMILES string of the molecule is CC(C)OC(=O)c1cc(F)c(F)c(-c2ccc(CO)cc2)n1.O=C(Cl)c1cc(Cl)c(Cl)c(-c2ccc(CO)cc2)n1.O=C(F)c1cc(F)c(F)c(-c2ccc(CO)cc2)n1. The van der Waals surface area contributed by atoms with Gasteiger partial charge in [-0.15, -0.1) is 0 Å². The van der Waals surface area contributed by atoms with Crippen LogP contribution in [0.15, 0.2) is 91.0 Å². The zero-order chi connectivity index (χ0) is 44.3. The molecule has 3 aromatic heterocycles. The number of halogens is 8. The number of aliphatic hydroxyl groups is 3. The summed E-state index contributed by atoms with van der Waals surface area (Å²) in [6, 6.07) is 19.3. The minimum Gasteiger partial charge on any atom is -0.458 e. The van der Waals surface area contributed by atoms with Crippen LogP contribution in [0.3, 0.4) is 0 Å². The molecular formula is C42H31Cl3F5N3O7. The molecule has 0 radical (unpaired) electrons. The molecule has 0 amide bonds. The summed E-state index contributed by atoms with van der Waals surface area (Å²) in [6.07, 6.45) is -0.394. The molecule has 0 spiro atoms. The van der Waals surface area contributed by atoms with Crippen LogP contribution in [0.1, 0.15) is 62.0 Å². The van der Waals surface area contributed by atoms with Crippen molar-refractivity contribution in [3.63, 3.8) is 0 Å². The van der Waals surface area contributed by atoms with Crippen molar-refractivity contribution in [1.82, 2.24) is 15.0 Å². The molecular weight excluding hydrogens is 860 g/mol. The molecule has 60 heavy (non-hydrogen) atoms. The maximum atomic E-state index is 13.9. The predicted octanol–water partition coefficient (Wildman–Crippen LogP) is 9.64. The lowest BCUT2D eigenvalue weighted by atomic mass is 10.1. The van der Waals surface area contributed by atoms with Crippen LogP contribution in [0.25, 0.3) is 33.8 Å². The lowest BCUT2D eigenvalue weighted by Gasteiger charge is -2.10. The van der Waals surface area contributed by atoms with Crippen molar-refractivity contribution in [2.75, 3.05) is 0 Å². The highest BCUT2D eigenvalue weighted by atomic mass is 35.5. The average molecular weight is 891 g/mol. The number of rotatable bonds is 10. The second kappa shape index (κ2) is 21.5. The van der Waals surface area contributed by atoms with E-state index in [0.717, 1.165) is 5.56 Å². The van der Waals surface area contributed by atoms with E-state index in [0.29, 0.717) is 40.1 Å². The Morgan fingerprint density at radius 2 is 0.967 bits per heavy atom. The molecule has 6 aromatic rings. The van der Waals surface area contributed by atoms with Gasteiger partial charge in [0.25, 0.3) is 5.24 Å². The van der Waals surface area contributed by atoms with Crippen molar-refractivity contribution in [3.8, 4) is 33.8 Å². The Bertz CT molecular complexity index is 2380. The van der Waals surface area contributed by atoms with Gasteiger partial charge >= 0.3 is 12.0 Å². The minimum absolute atomic E-state index is 0.0392. The third kappa shape index (κ3) is 12.2. The number of nitrogens with zero attached hydrogens (tertiary/aromatic N) is 3. The molecule has 0 aliphatic heterocycles. The maximum absolute atomic E-state index is 13.9. The monoisotopic (exact) mass is 889 g/mol. The van der Waals surface area contributed by atoms with Gasteiger partial charge in [0.05, 0.1) is 41.7 Å². The average Bonchev–Trinajstić information content (AvgIpc) is 3.23. The molecule has 0 aliphatic rings. The maximum Gasteiger partial charge on any atom is 0.357 e. The topological polar surface area (TPSA) is 160 Å². The van der Waals surface area contributed by atoms with E-state index in [1.54, 1.807) is 50.2 Å². The zero-order valence-electron chi connectivity index (χ0n) is 31.2. The molecule has 18 heteroatoms. The quantitative estimate of drug-likeness (QED) is 0.0687. The number of pyridine rings is 3. The predicted molar refractivity (Wildman–Crippen MR) is 213 cm³/mol. The van der Waals surface area contributed by atoms with Crippen LogP contribution >= 0.6 is 34.8 Å². The molecule has 6 rings (SSSR count). The van der Waals surface area contributed by atoms with Gasteiger partial charge < -0.3 is 20.1 Å². The smallest absolute Gasteiger partial charge is 0.357 e. The van der Waals surface area contributed by atoms with E-state index in [-0.39, 0.29) is 52.5 Å². The Kier molecular flexibility index (Phi) is 16.9. The van der Waals surface area contributed by atoms with Gasteiger partial charge in [-0.25, -0.2) is 37.3 Å². The molecule has 3 heterocycles. The summed E-state index contributed by atoms with van der Waals surface area (Å²) < 4.78 is 72.0. The molecule has 0 atom stereocenters. The summed E-state index contributed by atoms with van der Waals surface area (Å²) >= 11 is 17.4. The molecule has 0 saturated carbocycles. The van der Waals surface area contributed by atoms with Crippen molar-refractivity contribution in [2.45, 2.75) is 39.8 Å². The van der Waals surface area contributed by atoms with Crippen LogP contribution in [0, 0.1) is 23.3 Å². The van der Waals surface area contributed by atoms with Crippen LogP contribution < -0.4 is 0 Å². The molecule has 3 aromatic carbocycles. The first kappa shape index (κ1) is 47.0. The van der Waals surface area contributed by atoms with E-state index in [4.69, 9.17) is 54.9 Å². The largest absolute Gasteiger partial charge is 0.458 e. The number of hydrogen-bond acceptors (Lipinski definition) is 10. The summed E-state index contributed by atoms with van der Waals surface area (Å²) in [5.41, 5.74) is 1.71. The van der Waals surface area contributed by atoms with Gasteiger partial charge in [-0.2, -0.15) is 4.39 Å². The highest BCUT2D eigenvalue weighted by molar-refractivity contribution is 6.67. The number of benzene rings is 3. The van der Waals surface area contributed by atoms with Gasteiger partial charge in [0.2, 0.25) is 0 Å². The number of aromatic nitrogens is 3. The first-order chi connectivity index (χ1) is 28.5. The molecule has 10 nitrogen and oxygen atoms in total. The molecule has 0 bridgehead atoms. The normalized spacial score (nSPS) is 10.6. The van der Waals surface area contributed by atoms with Crippen LogP contribution in [0.4, 0.5) is 22.0 Å². The number of hydrogen-bond donors (Lipinski definition) is 3. The minimum atomic E-state index is -1.94. The van der Waals surface area contributed by atoms with Crippen molar-refractivity contribution in [1.29, 1.82) is 0 Å². The van der Waals surface area contributed by atoms with Gasteiger partial charge in [0, 0.05) is 28.8 Å². The molecule has 0 saturated heterocycles. The number of carbonyl (C=O) groups is 3. The van der Waals surface area contributed by atoms with Gasteiger partial charge in [-0.3, -0.25) is 9.59 Å². The van der Waals surface area contributed by atoms with E-state index in [1.165, 1.54) is 42.5 Å². The Balaban J connectivity index is 0.000000199. The van der Waals surface area contributed by atoms with Crippen molar-refractivity contribution in [2.24, 2.45) is 0 Å². The van der Waals surface area contributed by atoms with Gasteiger partial charge in [0.1, 0.15) is 22.8 Å². The molecule has 0 fully saturated rings. The molecule has 0 unspecified atom stereocenters. The van der Waals surface area contributed by atoms with E-state index in [2.05, 4.69) is 15.0 Å². The van der Waals surface area contributed by atoms with Gasteiger partial charge in [-0.1, -0.05) is 96.0 Å². The lowest BCUT2D eigenvalue weighted by Crippen LogP contribution is -2.14. The summed E-state index contributed by atoms with van der Waals surface area (Å²) in [7, 11) is 0. The zero-order valence-corrected chi connectivity index (χ0v) is 33.5. The highest BCUT2D eigenvalue weighted by Gasteiger charge is 2.21.